The van der Waals surface area contributed by atoms with Crippen LogP contribution in [0.2, 0.25) is 0 Å². The Balaban J connectivity index is 2.23. The molecule has 0 spiro atoms. The second-order valence-corrected chi connectivity index (χ2v) is 5.42. The molecule has 3 heteroatoms. The van der Waals surface area contributed by atoms with Gasteiger partial charge in [-0.1, -0.05) is 18.2 Å². The largest absolute Gasteiger partial charge is 0.342 e. The van der Waals surface area contributed by atoms with E-state index in [1.54, 1.807) is 11.3 Å². The summed E-state index contributed by atoms with van der Waals surface area (Å²) in [5, 5.41) is 6.81. The molecule has 0 amide bonds. The first kappa shape index (κ1) is 10.8. The quantitative estimate of drug-likeness (QED) is 0.496. The fourth-order valence-electron chi connectivity index (χ4n) is 2.74. The van der Waals surface area contributed by atoms with Gasteiger partial charge in [-0.3, -0.25) is 4.98 Å². The van der Waals surface area contributed by atoms with Gasteiger partial charge in [0.15, 0.2) is 0 Å². The first-order valence-corrected chi connectivity index (χ1v) is 7.15. The molecule has 92 valence electrons. The van der Waals surface area contributed by atoms with E-state index < -0.39 is 0 Å². The van der Waals surface area contributed by atoms with Crippen molar-refractivity contribution in [3.63, 3.8) is 0 Å². The molecule has 0 saturated carbocycles. The topological polar surface area (TPSA) is 17.8 Å². The predicted molar refractivity (Wildman–Crippen MR) is 81.5 cm³/mol. The van der Waals surface area contributed by atoms with Gasteiger partial charge < -0.3 is 4.57 Å². The van der Waals surface area contributed by atoms with Gasteiger partial charge in [0, 0.05) is 40.5 Å². The summed E-state index contributed by atoms with van der Waals surface area (Å²) in [5.41, 5.74) is 4.73. The highest BCUT2D eigenvalue weighted by atomic mass is 32.1. The van der Waals surface area contributed by atoms with E-state index in [4.69, 9.17) is 0 Å². The lowest BCUT2D eigenvalue weighted by atomic mass is 10.1. The lowest BCUT2D eigenvalue weighted by molar-refractivity contribution is 1.01. The molecule has 3 heterocycles. The Morgan fingerprint density at radius 1 is 1.05 bits per heavy atom. The van der Waals surface area contributed by atoms with Crippen LogP contribution in [0.3, 0.4) is 0 Å². The van der Waals surface area contributed by atoms with E-state index >= 15 is 0 Å². The molecule has 0 N–H and O–H groups in total. The second kappa shape index (κ2) is 3.93. The average Bonchev–Trinajstić information content (AvgIpc) is 3.08. The molecule has 0 aliphatic heterocycles. The maximum absolute atomic E-state index is 4.59. The average molecular weight is 264 g/mol. The molecule has 19 heavy (non-hydrogen) atoms. The van der Waals surface area contributed by atoms with Gasteiger partial charge in [-0.05, 0) is 23.6 Å². The Labute approximate surface area is 114 Å². The smallest absolute Gasteiger partial charge is 0.0953 e. The number of benzene rings is 1. The minimum absolute atomic E-state index is 1.07. The van der Waals surface area contributed by atoms with Crippen LogP contribution in [-0.4, -0.2) is 9.55 Å². The number of thiophene rings is 1. The third-order valence-corrected chi connectivity index (χ3v) is 4.29. The number of aromatic nitrogens is 2. The van der Waals surface area contributed by atoms with Gasteiger partial charge in [0.05, 0.1) is 11.2 Å². The Hall–Kier alpha value is -2.13. The Kier molecular flexibility index (Phi) is 2.23. The van der Waals surface area contributed by atoms with Crippen LogP contribution in [0.4, 0.5) is 0 Å². The molecule has 0 radical (unpaired) electrons. The van der Waals surface area contributed by atoms with Gasteiger partial charge in [-0.25, -0.2) is 0 Å². The molecular formula is C16H12N2S. The minimum Gasteiger partial charge on any atom is -0.342 e. The molecule has 0 atom stereocenters. The molecule has 0 unspecified atom stereocenters. The molecule has 0 fully saturated rings. The number of nitrogens with zero attached hydrogens (tertiary/aromatic N) is 2. The van der Waals surface area contributed by atoms with Crippen LogP contribution in [0.1, 0.15) is 0 Å². The van der Waals surface area contributed by atoms with Gasteiger partial charge in [0.1, 0.15) is 0 Å². The van der Waals surface area contributed by atoms with E-state index in [-0.39, 0.29) is 0 Å². The van der Waals surface area contributed by atoms with Crippen molar-refractivity contribution in [1.29, 1.82) is 0 Å². The number of fused-ring (bicyclic) bond motifs is 3. The zero-order chi connectivity index (χ0) is 12.8. The normalized spacial score (nSPS) is 11.4. The number of rotatable bonds is 1. The predicted octanol–water partition coefficient (Wildman–Crippen LogP) is 4.46. The SMILES string of the molecule is Cn1c2ccccc2c2ccnc(-c3ccsc3)c21. The summed E-state index contributed by atoms with van der Waals surface area (Å²) >= 11 is 1.71. The summed E-state index contributed by atoms with van der Waals surface area (Å²) in [6.45, 7) is 0. The van der Waals surface area contributed by atoms with Crippen LogP contribution in [0.25, 0.3) is 33.1 Å². The van der Waals surface area contributed by atoms with E-state index in [0.29, 0.717) is 0 Å². The zero-order valence-corrected chi connectivity index (χ0v) is 11.3. The molecule has 0 aliphatic carbocycles. The van der Waals surface area contributed by atoms with Crippen LogP contribution in [0.15, 0.2) is 53.4 Å². The fraction of sp³-hybridized carbons (Fsp3) is 0.0625. The zero-order valence-electron chi connectivity index (χ0n) is 10.5. The number of hydrogen-bond donors (Lipinski definition) is 0. The standard InChI is InChI=1S/C16H12N2S/c1-18-14-5-3-2-4-12(14)13-6-8-17-15(16(13)18)11-7-9-19-10-11/h2-10H,1H3. The summed E-state index contributed by atoms with van der Waals surface area (Å²) in [6.07, 6.45) is 1.90. The summed E-state index contributed by atoms with van der Waals surface area (Å²) in [5.74, 6) is 0. The van der Waals surface area contributed by atoms with E-state index in [0.717, 1.165) is 5.69 Å². The van der Waals surface area contributed by atoms with Crippen LogP contribution in [0.5, 0.6) is 0 Å². The van der Waals surface area contributed by atoms with E-state index in [9.17, 15) is 0 Å². The summed E-state index contributed by atoms with van der Waals surface area (Å²) in [7, 11) is 2.11. The lowest BCUT2D eigenvalue weighted by Crippen LogP contribution is -1.91. The molecule has 3 aromatic heterocycles. The van der Waals surface area contributed by atoms with E-state index in [1.165, 1.54) is 27.4 Å². The monoisotopic (exact) mass is 264 g/mol. The highest BCUT2D eigenvalue weighted by molar-refractivity contribution is 7.08. The lowest BCUT2D eigenvalue weighted by Gasteiger charge is -2.03. The molecule has 2 nitrogen and oxygen atoms in total. The van der Waals surface area contributed by atoms with Crippen LogP contribution >= 0.6 is 11.3 Å². The van der Waals surface area contributed by atoms with Crippen LogP contribution < -0.4 is 0 Å². The van der Waals surface area contributed by atoms with Crippen molar-refractivity contribution in [3.8, 4) is 11.3 Å². The van der Waals surface area contributed by atoms with Gasteiger partial charge in [-0.2, -0.15) is 11.3 Å². The number of hydrogen-bond acceptors (Lipinski definition) is 2. The number of aryl methyl sites for hydroxylation is 1. The van der Waals surface area contributed by atoms with Crippen molar-refractivity contribution >= 4 is 33.1 Å². The Morgan fingerprint density at radius 3 is 2.79 bits per heavy atom. The van der Waals surface area contributed by atoms with Crippen molar-refractivity contribution in [2.75, 3.05) is 0 Å². The molecule has 0 aliphatic rings. The highest BCUT2D eigenvalue weighted by Crippen LogP contribution is 2.34. The third-order valence-electron chi connectivity index (χ3n) is 3.61. The molecular weight excluding hydrogens is 252 g/mol. The maximum atomic E-state index is 4.59. The molecule has 4 rings (SSSR count). The molecule has 0 bridgehead atoms. The number of para-hydroxylation sites is 1. The fourth-order valence-corrected chi connectivity index (χ4v) is 3.38. The van der Waals surface area contributed by atoms with Crippen molar-refractivity contribution in [1.82, 2.24) is 9.55 Å². The van der Waals surface area contributed by atoms with Crippen molar-refractivity contribution in [3.05, 3.63) is 53.4 Å². The number of pyridine rings is 1. The summed E-state index contributed by atoms with van der Waals surface area (Å²) < 4.78 is 2.24. The summed E-state index contributed by atoms with van der Waals surface area (Å²) in [4.78, 5) is 4.59. The van der Waals surface area contributed by atoms with Gasteiger partial charge in [-0.15, -0.1) is 0 Å². The van der Waals surface area contributed by atoms with Crippen LogP contribution in [0, 0.1) is 0 Å². The van der Waals surface area contributed by atoms with E-state index in [2.05, 4.69) is 63.8 Å². The van der Waals surface area contributed by atoms with Crippen molar-refractivity contribution in [2.24, 2.45) is 7.05 Å². The highest BCUT2D eigenvalue weighted by Gasteiger charge is 2.13. The van der Waals surface area contributed by atoms with Gasteiger partial charge in [0.25, 0.3) is 0 Å². The third kappa shape index (κ3) is 1.45. The first-order chi connectivity index (χ1) is 9.36. The molecule has 0 saturated heterocycles. The van der Waals surface area contributed by atoms with Crippen molar-refractivity contribution in [2.45, 2.75) is 0 Å². The molecule has 4 aromatic rings. The van der Waals surface area contributed by atoms with Gasteiger partial charge >= 0.3 is 0 Å². The summed E-state index contributed by atoms with van der Waals surface area (Å²) in [6, 6.07) is 12.7. The Bertz CT molecular complexity index is 872. The minimum atomic E-state index is 1.07. The first-order valence-electron chi connectivity index (χ1n) is 6.21. The van der Waals surface area contributed by atoms with Gasteiger partial charge in [0.2, 0.25) is 0 Å². The molecule has 1 aromatic carbocycles. The van der Waals surface area contributed by atoms with Crippen LogP contribution in [-0.2, 0) is 7.05 Å². The second-order valence-electron chi connectivity index (χ2n) is 4.64. The Morgan fingerprint density at radius 2 is 1.95 bits per heavy atom. The van der Waals surface area contributed by atoms with E-state index in [1.807, 2.05) is 6.20 Å². The maximum Gasteiger partial charge on any atom is 0.0953 e. The van der Waals surface area contributed by atoms with Crippen molar-refractivity contribution < 1.29 is 0 Å².